The molecule has 0 aliphatic heterocycles. The van der Waals surface area contributed by atoms with Gasteiger partial charge >= 0.3 is 0 Å². The molecule has 0 saturated carbocycles. The Kier molecular flexibility index (Phi) is 15.8. The second kappa shape index (κ2) is 10.8. The minimum Gasteiger partial charge on any atom is -0.122 e. The molecule has 0 aromatic rings. The maximum atomic E-state index is 5.07. The maximum absolute atomic E-state index is 5.07. The zero-order chi connectivity index (χ0) is 6.99. The summed E-state index contributed by atoms with van der Waals surface area (Å²) in [5.41, 5.74) is 0. The minimum absolute atomic E-state index is 0.556. The lowest BCUT2D eigenvalue weighted by Crippen LogP contribution is -1.55. The van der Waals surface area contributed by atoms with Gasteiger partial charge in [-0.2, -0.15) is 0 Å². The van der Waals surface area contributed by atoms with Crippen LogP contribution in [0, 0.1) is 0 Å². The van der Waals surface area contributed by atoms with E-state index >= 15 is 0 Å². The first-order chi connectivity index (χ1) is 3.65. The number of halogens is 4. The fourth-order valence-corrected chi connectivity index (χ4v) is 0. The average molecular weight is 196 g/mol. The highest BCUT2D eigenvalue weighted by molar-refractivity contribution is 6.63. The van der Waals surface area contributed by atoms with Crippen molar-refractivity contribution < 1.29 is 0 Å². The van der Waals surface area contributed by atoms with Crippen LogP contribution in [0.1, 0.15) is 0 Å². The van der Waals surface area contributed by atoms with Crippen molar-refractivity contribution in [1.82, 2.24) is 0 Å². The SMILES string of the molecule is C=CCCl.ClC(Cl)Cl. The van der Waals surface area contributed by atoms with E-state index in [0.29, 0.717) is 5.88 Å². The molecule has 0 atom stereocenters. The lowest BCUT2D eigenvalue weighted by atomic mass is 10.8. The van der Waals surface area contributed by atoms with Crippen molar-refractivity contribution in [3.63, 3.8) is 0 Å². The summed E-state index contributed by atoms with van der Waals surface area (Å²) in [6.07, 6.45) is 1.64. The summed E-state index contributed by atoms with van der Waals surface area (Å²) >= 11 is 19.5. The average Bonchev–Trinajstić information content (AvgIpc) is 1.65. The highest BCUT2D eigenvalue weighted by atomic mass is 35.6. The summed E-state index contributed by atoms with van der Waals surface area (Å²) in [7, 11) is 0. The smallest absolute Gasteiger partial charge is 0.122 e. The predicted octanol–water partition coefficient (Wildman–Crippen LogP) is 3.40. The molecular weight excluding hydrogens is 190 g/mol. The molecule has 0 unspecified atom stereocenters. The van der Waals surface area contributed by atoms with Crippen LogP contribution in [0.3, 0.4) is 0 Å². The van der Waals surface area contributed by atoms with Crippen LogP contribution in [0.5, 0.6) is 0 Å². The molecule has 0 aromatic carbocycles. The molecule has 0 rings (SSSR count). The molecule has 8 heavy (non-hydrogen) atoms. The van der Waals surface area contributed by atoms with Gasteiger partial charge in [0, 0.05) is 5.88 Å². The number of hydrogen-bond donors (Lipinski definition) is 0. The van der Waals surface area contributed by atoms with Gasteiger partial charge < -0.3 is 0 Å². The quantitative estimate of drug-likeness (QED) is 0.445. The second-order valence-electron chi connectivity index (χ2n) is 0.690. The van der Waals surface area contributed by atoms with E-state index in [1.165, 1.54) is 0 Å². The van der Waals surface area contributed by atoms with Crippen LogP contribution in [-0.4, -0.2) is 10.2 Å². The Morgan fingerprint density at radius 2 is 1.50 bits per heavy atom. The van der Waals surface area contributed by atoms with Crippen molar-refractivity contribution in [2.45, 2.75) is 4.30 Å². The summed E-state index contributed by atoms with van der Waals surface area (Å²) in [6.45, 7) is 3.35. The molecule has 0 fully saturated rings. The molecule has 0 radical (unpaired) electrons. The zero-order valence-corrected chi connectivity index (χ0v) is 7.10. The van der Waals surface area contributed by atoms with Crippen molar-refractivity contribution in [3.8, 4) is 0 Å². The van der Waals surface area contributed by atoms with Crippen LogP contribution in [0.4, 0.5) is 0 Å². The third-order valence-corrected chi connectivity index (χ3v) is 0.327. The van der Waals surface area contributed by atoms with Gasteiger partial charge in [-0.25, -0.2) is 0 Å². The normalized spacial score (nSPS) is 7.62. The van der Waals surface area contributed by atoms with Crippen LogP contribution in [0.2, 0.25) is 0 Å². The molecule has 4 heteroatoms. The Labute approximate surface area is 69.4 Å². The molecule has 0 saturated heterocycles. The first-order valence-electron chi connectivity index (χ1n) is 1.74. The fourth-order valence-electron chi connectivity index (χ4n) is 0. The van der Waals surface area contributed by atoms with Gasteiger partial charge in [-0.15, -0.1) is 18.2 Å². The first-order valence-corrected chi connectivity index (χ1v) is 3.58. The van der Waals surface area contributed by atoms with Crippen LogP contribution < -0.4 is 0 Å². The fraction of sp³-hybridized carbons (Fsp3) is 0.500. The maximum Gasteiger partial charge on any atom is 0.180 e. The summed E-state index contributed by atoms with van der Waals surface area (Å²) in [4.78, 5) is 0. The molecule has 0 nitrogen and oxygen atoms in total. The lowest BCUT2D eigenvalue weighted by molar-refractivity contribution is 1.80. The van der Waals surface area contributed by atoms with Gasteiger partial charge in [0.1, 0.15) is 0 Å². The van der Waals surface area contributed by atoms with E-state index in [1.807, 2.05) is 0 Å². The first kappa shape index (κ1) is 11.7. The molecular formula is C4H6Cl4. The Morgan fingerprint density at radius 1 is 1.38 bits per heavy atom. The number of alkyl halides is 4. The molecule has 0 aliphatic rings. The van der Waals surface area contributed by atoms with E-state index in [-0.39, 0.29) is 0 Å². The van der Waals surface area contributed by atoms with Gasteiger partial charge in [0.2, 0.25) is 0 Å². The standard InChI is InChI=1S/C3H5Cl.CHCl3/c1-2-3-4;2-1(3)4/h2H,1,3H2;1H. The zero-order valence-electron chi connectivity index (χ0n) is 4.08. The second-order valence-corrected chi connectivity index (χ2v) is 2.98. The van der Waals surface area contributed by atoms with E-state index in [0.717, 1.165) is 0 Å². The number of rotatable bonds is 1. The Bertz CT molecular complexity index is 40.5. The van der Waals surface area contributed by atoms with Crippen LogP contribution in [0.25, 0.3) is 0 Å². The van der Waals surface area contributed by atoms with Crippen molar-refractivity contribution >= 4 is 46.4 Å². The van der Waals surface area contributed by atoms with Gasteiger partial charge in [0.25, 0.3) is 0 Å². The predicted molar refractivity (Wildman–Crippen MR) is 42.3 cm³/mol. The highest BCUT2D eigenvalue weighted by Gasteiger charge is 1.78. The molecule has 0 N–H and O–H groups in total. The highest BCUT2D eigenvalue weighted by Crippen LogP contribution is 2.03. The lowest BCUT2D eigenvalue weighted by Gasteiger charge is -1.69. The summed E-state index contributed by atoms with van der Waals surface area (Å²) in [5.74, 6) is 0.556. The topological polar surface area (TPSA) is 0 Å². The van der Waals surface area contributed by atoms with Gasteiger partial charge in [0.05, 0.1) is 0 Å². The van der Waals surface area contributed by atoms with E-state index < -0.39 is 4.30 Å². The van der Waals surface area contributed by atoms with Gasteiger partial charge in [0.15, 0.2) is 4.30 Å². The molecule has 0 spiro atoms. The molecule has 0 bridgehead atoms. The van der Waals surface area contributed by atoms with E-state index in [2.05, 4.69) is 6.58 Å². The van der Waals surface area contributed by atoms with E-state index in [1.54, 1.807) is 6.08 Å². The van der Waals surface area contributed by atoms with Crippen molar-refractivity contribution in [1.29, 1.82) is 0 Å². The molecule has 50 valence electrons. The largest absolute Gasteiger partial charge is 0.180 e. The van der Waals surface area contributed by atoms with E-state index in [4.69, 9.17) is 46.4 Å². The van der Waals surface area contributed by atoms with Crippen LogP contribution in [-0.2, 0) is 0 Å². The summed E-state index contributed by atoms with van der Waals surface area (Å²) < 4.78 is -0.750. The van der Waals surface area contributed by atoms with E-state index in [9.17, 15) is 0 Å². The molecule has 0 amide bonds. The number of allylic oxidation sites excluding steroid dienone is 1. The molecule has 0 heterocycles. The van der Waals surface area contributed by atoms with Gasteiger partial charge in [-0.1, -0.05) is 40.9 Å². The van der Waals surface area contributed by atoms with Gasteiger partial charge in [-0.3, -0.25) is 0 Å². The molecule has 0 aromatic heterocycles. The Balaban J connectivity index is 0. The summed E-state index contributed by atoms with van der Waals surface area (Å²) in [6, 6.07) is 0. The Morgan fingerprint density at radius 3 is 1.50 bits per heavy atom. The van der Waals surface area contributed by atoms with Crippen molar-refractivity contribution in [2.24, 2.45) is 0 Å². The van der Waals surface area contributed by atoms with Crippen LogP contribution in [0.15, 0.2) is 12.7 Å². The number of hydrogen-bond acceptors (Lipinski definition) is 0. The third-order valence-electron chi connectivity index (χ3n) is 0.109. The third kappa shape index (κ3) is 66.5. The molecule has 0 aliphatic carbocycles. The van der Waals surface area contributed by atoms with Crippen LogP contribution >= 0.6 is 46.4 Å². The summed E-state index contributed by atoms with van der Waals surface area (Å²) in [5, 5.41) is 0. The van der Waals surface area contributed by atoms with Crippen molar-refractivity contribution in [2.75, 3.05) is 5.88 Å². The monoisotopic (exact) mass is 194 g/mol. The van der Waals surface area contributed by atoms with Crippen molar-refractivity contribution in [3.05, 3.63) is 12.7 Å². The van der Waals surface area contributed by atoms with Gasteiger partial charge in [-0.05, 0) is 0 Å². The minimum atomic E-state index is -0.750. The Hall–Kier alpha value is 0.900.